The van der Waals surface area contributed by atoms with Gasteiger partial charge in [0.1, 0.15) is 5.75 Å². The van der Waals surface area contributed by atoms with Gasteiger partial charge in [-0.05, 0) is 49.9 Å². The molecule has 0 aliphatic carbocycles. The van der Waals surface area contributed by atoms with E-state index in [1.54, 1.807) is 13.2 Å². The Morgan fingerprint density at radius 3 is 2.88 bits per heavy atom. The molecule has 8 nitrogen and oxygen atoms in total. The molecule has 1 amide bonds. The molecular formula is C24H28N6O2. The molecule has 1 atom stereocenters. The standard InChI is InChI=1S/C24H28N6O2/c1-32-19-8-4-6-17(14-19)23(31)30-13-5-7-18(16-30)22-20(15-26-28-22)21-9-10-25-24(27-21)29-11-2-3-12-29/h4,6,8-10,14-15,18H,2-3,5,7,11-13,16H2,1H3,(H,26,28). The Kier molecular flexibility index (Phi) is 5.75. The SMILES string of the molecule is COc1cccc(C(=O)N2CCCC(c3[nH]ncc3-c3ccnc(N4CCCC4)n3)C2)c1. The number of benzene rings is 1. The number of anilines is 1. The lowest BCUT2D eigenvalue weighted by Gasteiger charge is -2.33. The smallest absolute Gasteiger partial charge is 0.254 e. The highest BCUT2D eigenvalue weighted by molar-refractivity contribution is 5.94. The summed E-state index contributed by atoms with van der Waals surface area (Å²) in [4.78, 5) is 26.6. The normalized spacial score (nSPS) is 18.7. The molecule has 0 bridgehead atoms. The largest absolute Gasteiger partial charge is 0.497 e. The summed E-state index contributed by atoms with van der Waals surface area (Å²) >= 11 is 0. The van der Waals surface area contributed by atoms with Gasteiger partial charge in [-0.15, -0.1) is 0 Å². The number of hydrogen-bond donors (Lipinski definition) is 1. The number of aromatic amines is 1. The van der Waals surface area contributed by atoms with Crippen LogP contribution in [0.2, 0.25) is 0 Å². The Bertz CT molecular complexity index is 1090. The van der Waals surface area contributed by atoms with E-state index in [1.807, 2.05) is 41.6 Å². The van der Waals surface area contributed by atoms with E-state index >= 15 is 0 Å². The van der Waals surface area contributed by atoms with Crippen molar-refractivity contribution in [1.29, 1.82) is 0 Å². The number of piperidine rings is 1. The monoisotopic (exact) mass is 432 g/mol. The fourth-order valence-electron chi connectivity index (χ4n) is 4.72. The summed E-state index contributed by atoms with van der Waals surface area (Å²) in [5.74, 6) is 1.69. The minimum absolute atomic E-state index is 0.0352. The summed E-state index contributed by atoms with van der Waals surface area (Å²) in [6.07, 6.45) is 7.98. The molecule has 1 aromatic carbocycles. The van der Waals surface area contributed by atoms with Gasteiger partial charge in [-0.25, -0.2) is 9.97 Å². The second kappa shape index (κ2) is 8.98. The average molecular weight is 433 g/mol. The molecule has 2 aliphatic heterocycles. The van der Waals surface area contributed by atoms with Crippen molar-refractivity contribution in [3.63, 3.8) is 0 Å². The summed E-state index contributed by atoms with van der Waals surface area (Å²) in [5.41, 5.74) is 3.57. The molecule has 1 N–H and O–H groups in total. The van der Waals surface area contributed by atoms with Crippen molar-refractivity contribution in [3.8, 4) is 17.0 Å². The summed E-state index contributed by atoms with van der Waals surface area (Å²) in [6.45, 7) is 3.41. The molecule has 3 aromatic rings. The molecule has 4 heterocycles. The zero-order valence-electron chi connectivity index (χ0n) is 18.3. The topological polar surface area (TPSA) is 87.2 Å². The number of carbonyl (C=O) groups is 1. The first-order chi connectivity index (χ1) is 15.7. The van der Waals surface area contributed by atoms with Crippen LogP contribution >= 0.6 is 0 Å². The van der Waals surface area contributed by atoms with Crippen LogP contribution in [0.5, 0.6) is 5.75 Å². The minimum atomic E-state index is 0.0352. The van der Waals surface area contributed by atoms with Gasteiger partial charge in [0.25, 0.3) is 5.91 Å². The van der Waals surface area contributed by atoms with E-state index in [4.69, 9.17) is 9.72 Å². The second-order valence-corrected chi connectivity index (χ2v) is 8.46. The highest BCUT2D eigenvalue weighted by atomic mass is 16.5. The van der Waals surface area contributed by atoms with Gasteiger partial charge in [-0.3, -0.25) is 9.89 Å². The minimum Gasteiger partial charge on any atom is -0.497 e. The molecule has 5 rings (SSSR count). The van der Waals surface area contributed by atoms with Crippen LogP contribution in [0.25, 0.3) is 11.3 Å². The van der Waals surface area contributed by atoms with E-state index in [2.05, 4.69) is 20.1 Å². The summed E-state index contributed by atoms with van der Waals surface area (Å²) in [7, 11) is 1.61. The van der Waals surface area contributed by atoms with Crippen LogP contribution in [0.1, 0.15) is 47.7 Å². The van der Waals surface area contributed by atoms with Gasteiger partial charge in [0.05, 0.1) is 19.0 Å². The molecule has 8 heteroatoms. The second-order valence-electron chi connectivity index (χ2n) is 8.46. The molecule has 2 aliphatic rings. The molecule has 0 radical (unpaired) electrons. The summed E-state index contributed by atoms with van der Waals surface area (Å²) in [5, 5.41) is 7.53. The van der Waals surface area contributed by atoms with E-state index in [1.165, 1.54) is 12.8 Å². The molecule has 0 spiro atoms. The first-order valence-electron chi connectivity index (χ1n) is 11.3. The molecule has 2 fully saturated rings. The van der Waals surface area contributed by atoms with Gasteiger partial charge in [0, 0.05) is 55.1 Å². The Labute approximate surface area is 187 Å². The number of nitrogens with zero attached hydrogens (tertiary/aromatic N) is 5. The van der Waals surface area contributed by atoms with Gasteiger partial charge >= 0.3 is 0 Å². The van der Waals surface area contributed by atoms with Crippen LogP contribution in [0.15, 0.2) is 42.7 Å². The Hall–Kier alpha value is -3.42. The Morgan fingerprint density at radius 2 is 2.03 bits per heavy atom. The van der Waals surface area contributed by atoms with E-state index in [9.17, 15) is 4.79 Å². The number of aromatic nitrogens is 4. The molecule has 166 valence electrons. The number of carbonyl (C=O) groups excluding carboxylic acids is 1. The number of amides is 1. The Balaban J connectivity index is 1.37. The quantitative estimate of drug-likeness (QED) is 0.664. The van der Waals surface area contributed by atoms with Gasteiger partial charge in [0.15, 0.2) is 0 Å². The zero-order chi connectivity index (χ0) is 21.9. The van der Waals surface area contributed by atoms with Crippen LogP contribution in [0.3, 0.4) is 0 Å². The van der Waals surface area contributed by atoms with Crippen LogP contribution in [-0.2, 0) is 0 Å². The van der Waals surface area contributed by atoms with E-state index in [0.717, 1.165) is 55.4 Å². The van der Waals surface area contributed by atoms with Crippen molar-refractivity contribution in [2.45, 2.75) is 31.6 Å². The van der Waals surface area contributed by atoms with E-state index in [0.29, 0.717) is 17.9 Å². The maximum Gasteiger partial charge on any atom is 0.254 e. The lowest BCUT2D eigenvalue weighted by Crippen LogP contribution is -2.39. The van der Waals surface area contributed by atoms with Crippen molar-refractivity contribution in [1.82, 2.24) is 25.1 Å². The highest BCUT2D eigenvalue weighted by Gasteiger charge is 2.29. The van der Waals surface area contributed by atoms with Crippen molar-refractivity contribution in [2.24, 2.45) is 0 Å². The van der Waals surface area contributed by atoms with Crippen LogP contribution in [-0.4, -0.2) is 64.3 Å². The maximum atomic E-state index is 13.1. The third-order valence-electron chi connectivity index (χ3n) is 6.41. The van der Waals surface area contributed by atoms with Gasteiger partial charge in [0.2, 0.25) is 5.95 Å². The number of nitrogens with one attached hydrogen (secondary N) is 1. The van der Waals surface area contributed by atoms with Crippen LogP contribution < -0.4 is 9.64 Å². The highest BCUT2D eigenvalue weighted by Crippen LogP contribution is 2.33. The molecule has 2 saturated heterocycles. The molecule has 1 unspecified atom stereocenters. The molecular weight excluding hydrogens is 404 g/mol. The fourth-order valence-corrected chi connectivity index (χ4v) is 4.72. The number of hydrogen-bond acceptors (Lipinski definition) is 6. The van der Waals surface area contributed by atoms with Crippen molar-refractivity contribution >= 4 is 11.9 Å². The van der Waals surface area contributed by atoms with Gasteiger partial charge in [-0.2, -0.15) is 5.10 Å². The predicted molar refractivity (Wildman–Crippen MR) is 122 cm³/mol. The Morgan fingerprint density at radius 1 is 1.16 bits per heavy atom. The molecule has 2 aromatic heterocycles. The maximum absolute atomic E-state index is 13.1. The first kappa shape index (κ1) is 20.5. The number of ether oxygens (including phenoxy) is 1. The third kappa shape index (κ3) is 4.04. The third-order valence-corrected chi connectivity index (χ3v) is 6.41. The van der Waals surface area contributed by atoms with Crippen molar-refractivity contribution in [3.05, 3.63) is 54.0 Å². The number of likely N-dealkylation sites (tertiary alicyclic amines) is 1. The van der Waals surface area contributed by atoms with Crippen molar-refractivity contribution in [2.75, 3.05) is 38.2 Å². The number of rotatable bonds is 5. The molecule has 0 saturated carbocycles. The summed E-state index contributed by atoms with van der Waals surface area (Å²) in [6, 6.07) is 9.29. The lowest BCUT2D eigenvalue weighted by atomic mass is 9.91. The van der Waals surface area contributed by atoms with Gasteiger partial charge < -0.3 is 14.5 Å². The van der Waals surface area contributed by atoms with Gasteiger partial charge in [-0.1, -0.05) is 6.07 Å². The first-order valence-corrected chi connectivity index (χ1v) is 11.3. The average Bonchev–Trinajstić information content (AvgIpc) is 3.56. The number of methoxy groups -OCH3 is 1. The van der Waals surface area contributed by atoms with E-state index in [-0.39, 0.29) is 11.8 Å². The zero-order valence-corrected chi connectivity index (χ0v) is 18.3. The fraction of sp³-hybridized carbons (Fsp3) is 0.417. The predicted octanol–water partition coefficient (Wildman–Crippen LogP) is 3.50. The summed E-state index contributed by atoms with van der Waals surface area (Å²) < 4.78 is 5.28. The lowest BCUT2D eigenvalue weighted by molar-refractivity contribution is 0.0705. The van der Waals surface area contributed by atoms with Crippen LogP contribution in [0.4, 0.5) is 5.95 Å². The number of H-pyrrole nitrogens is 1. The van der Waals surface area contributed by atoms with Crippen LogP contribution in [0, 0.1) is 0 Å². The van der Waals surface area contributed by atoms with Crippen molar-refractivity contribution < 1.29 is 9.53 Å². The van der Waals surface area contributed by atoms with E-state index < -0.39 is 0 Å². The molecule has 32 heavy (non-hydrogen) atoms.